The average molecular weight is 276 g/mol. The van der Waals surface area contributed by atoms with Crippen LogP contribution in [0.25, 0.3) is 0 Å². The molecule has 1 heterocycles. The molecule has 110 valence electrons. The Hall–Kier alpha value is -1.42. The lowest BCUT2D eigenvalue weighted by molar-refractivity contribution is -0.125. The number of hydrogen-bond donors (Lipinski definition) is 2. The van der Waals surface area contributed by atoms with E-state index in [0.29, 0.717) is 0 Å². The highest BCUT2D eigenvalue weighted by molar-refractivity contribution is 5.78. The van der Waals surface area contributed by atoms with Gasteiger partial charge in [-0.15, -0.1) is 0 Å². The van der Waals surface area contributed by atoms with Gasteiger partial charge in [0.15, 0.2) is 0 Å². The van der Waals surface area contributed by atoms with Crippen LogP contribution in [0.4, 0.5) is 0 Å². The minimum Gasteiger partial charge on any atom is -0.394 e. The van der Waals surface area contributed by atoms with Gasteiger partial charge >= 0.3 is 0 Å². The Morgan fingerprint density at radius 2 is 2.15 bits per heavy atom. The number of aromatic nitrogens is 1. The smallest absolute Gasteiger partial charge is 0.223 e. The maximum atomic E-state index is 12.1. The van der Waals surface area contributed by atoms with Crippen LogP contribution in [0.2, 0.25) is 0 Å². The zero-order chi connectivity index (χ0) is 14.4. The predicted molar refractivity (Wildman–Crippen MR) is 78.1 cm³/mol. The molecule has 0 spiro atoms. The van der Waals surface area contributed by atoms with Crippen LogP contribution in [-0.2, 0) is 11.2 Å². The molecular weight excluding hydrogens is 252 g/mol. The summed E-state index contributed by atoms with van der Waals surface area (Å²) in [5.41, 5.74) is 1.18. The van der Waals surface area contributed by atoms with Crippen molar-refractivity contribution in [3.05, 3.63) is 30.1 Å². The summed E-state index contributed by atoms with van der Waals surface area (Å²) in [6.45, 7) is 1.97. The predicted octanol–water partition coefficient (Wildman–Crippen LogP) is 1.93. The maximum Gasteiger partial charge on any atom is 0.223 e. The molecule has 1 aliphatic rings. The van der Waals surface area contributed by atoms with Gasteiger partial charge in [-0.25, -0.2) is 0 Å². The Bertz CT molecular complexity index is 418. The van der Waals surface area contributed by atoms with E-state index in [-0.39, 0.29) is 24.5 Å². The monoisotopic (exact) mass is 276 g/mol. The van der Waals surface area contributed by atoms with Crippen LogP contribution >= 0.6 is 0 Å². The van der Waals surface area contributed by atoms with E-state index in [1.54, 1.807) is 12.4 Å². The molecule has 2 N–H and O–H groups in total. The van der Waals surface area contributed by atoms with Crippen LogP contribution in [0, 0.1) is 11.8 Å². The quantitative estimate of drug-likeness (QED) is 0.762. The minimum atomic E-state index is -0.155. The number of aliphatic hydroxyl groups is 1. The average Bonchev–Trinajstić information content (AvgIpc) is 3.28. The third-order valence-electron chi connectivity index (χ3n) is 3.93. The fourth-order valence-electron chi connectivity index (χ4n) is 2.40. The third-order valence-corrected chi connectivity index (χ3v) is 3.93. The van der Waals surface area contributed by atoms with Gasteiger partial charge in [-0.05, 0) is 42.9 Å². The Balaban J connectivity index is 1.74. The Labute approximate surface area is 120 Å². The van der Waals surface area contributed by atoms with Crippen molar-refractivity contribution in [1.82, 2.24) is 10.3 Å². The number of carbonyl (C=O) groups is 1. The number of nitrogens with zero attached hydrogens (tertiary/aromatic N) is 1. The van der Waals surface area contributed by atoms with E-state index >= 15 is 0 Å². The number of carbonyl (C=O) groups excluding carboxylic acids is 1. The van der Waals surface area contributed by atoms with Gasteiger partial charge in [0.2, 0.25) is 5.91 Å². The summed E-state index contributed by atoms with van der Waals surface area (Å²) in [7, 11) is 0. The summed E-state index contributed by atoms with van der Waals surface area (Å²) >= 11 is 0. The summed E-state index contributed by atoms with van der Waals surface area (Å²) in [6.07, 6.45) is 8.63. The molecule has 1 aromatic heterocycles. The largest absolute Gasteiger partial charge is 0.394 e. The molecule has 2 atom stereocenters. The van der Waals surface area contributed by atoms with Crippen molar-refractivity contribution in [3.63, 3.8) is 0 Å². The van der Waals surface area contributed by atoms with E-state index in [1.807, 2.05) is 19.1 Å². The van der Waals surface area contributed by atoms with Crippen LogP contribution in [0.1, 0.15) is 38.2 Å². The lowest BCUT2D eigenvalue weighted by Crippen LogP contribution is -2.40. The second-order valence-corrected chi connectivity index (χ2v) is 5.86. The summed E-state index contributed by atoms with van der Waals surface area (Å²) in [5.74, 6) is 0.878. The van der Waals surface area contributed by atoms with Crippen LogP contribution in [0.3, 0.4) is 0 Å². The van der Waals surface area contributed by atoms with Gasteiger partial charge < -0.3 is 10.4 Å². The van der Waals surface area contributed by atoms with Crippen molar-refractivity contribution < 1.29 is 9.90 Å². The van der Waals surface area contributed by atoms with Gasteiger partial charge in [0.25, 0.3) is 0 Å². The molecule has 4 heteroatoms. The van der Waals surface area contributed by atoms with Crippen molar-refractivity contribution in [1.29, 1.82) is 0 Å². The van der Waals surface area contributed by atoms with Gasteiger partial charge in [-0.2, -0.15) is 0 Å². The number of aliphatic hydroxyl groups excluding tert-OH is 1. The van der Waals surface area contributed by atoms with Crippen molar-refractivity contribution in [2.24, 2.45) is 11.8 Å². The number of nitrogens with one attached hydrogen (secondary N) is 1. The number of pyridine rings is 1. The molecular formula is C16H24N2O2. The highest BCUT2D eigenvalue weighted by Gasteiger charge is 2.27. The highest BCUT2D eigenvalue weighted by atomic mass is 16.3. The second kappa shape index (κ2) is 7.39. The first-order chi connectivity index (χ1) is 9.69. The van der Waals surface area contributed by atoms with Gasteiger partial charge in [0.1, 0.15) is 0 Å². The summed E-state index contributed by atoms with van der Waals surface area (Å²) in [5, 5.41) is 12.4. The zero-order valence-corrected chi connectivity index (χ0v) is 12.1. The first-order valence-corrected chi connectivity index (χ1v) is 7.49. The molecule has 1 saturated carbocycles. The Morgan fingerprint density at radius 1 is 1.45 bits per heavy atom. The molecule has 1 amide bonds. The standard InChI is InChI=1S/C16H24N2O2/c1-12(10-14-2-3-14)16(20)18-15(11-19)5-4-13-6-8-17-9-7-13/h6-9,12,14-15,19H,2-5,10-11H2,1H3,(H,18,20). The fourth-order valence-corrected chi connectivity index (χ4v) is 2.40. The normalized spacial score (nSPS) is 17.5. The molecule has 0 saturated heterocycles. The van der Waals surface area contributed by atoms with E-state index in [1.165, 1.54) is 18.4 Å². The van der Waals surface area contributed by atoms with E-state index in [0.717, 1.165) is 25.2 Å². The van der Waals surface area contributed by atoms with E-state index in [9.17, 15) is 9.90 Å². The Kier molecular flexibility index (Phi) is 5.53. The topological polar surface area (TPSA) is 62.2 Å². The molecule has 0 aromatic carbocycles. The highest BCUT2D eigenvalue weighted by Crippen LogP contribution is 2.35. The molecule has 0 bridgehead atoms. The van der Waals surface area contributed by atoms with Crippen molar-refractivity contribution in [3.8, 4) is 0 Å². The second-order valence-electron chi connectivity index (χ2n) is 5.86. The molecule has 1 aliphatic carbocycles. The van der Waals surface area contributed by atoms with Crippen LogP contribution < -0.4 is 5.32 Å². The van der Waals surface area contributed by atoms with Crippen molar-refractivity contribution >= 4 is 5.91 Å². The first kappa shape index (κ1) is 15.0. The molecule has 2 rings (SSSR count). The molecule has 4 nitrogen and oxygen atoms in total. The van der Waals surface area contributed by atoms with E-state index in [4.69, 9.17) is 0 Å². The number of amides is 1. The van der Waals surface area contributed by atoms with Gasteiger partial charge in [0, 0.05) is 18.3 Å². The summed E-state index contributed by atoms with van der Waals surface area (Å²) < 4.78 is 0. The van der Waals surface area contributed by atoms with Gasteiger partial charge in [0.05, 0.1) is 12.6 Å². The van der Waals surface area contributed by atoms with Crippen LogP contribution in [0.5, 0.6) is 0 Å². The van der Waals surface area contributed by atoms with Crippen molar-refractivity contribution in [2.75, 3.05) is 6.61 Å². The van der Waals surface area contributed by atoms with Crippen LogP contribution in [0.15, 0.2) is 24.5 Å². The van der Waals surface area contributed by atoms with Crippen LogP contribution in [-0.4, -0.2) is 28.6 Å². The fraction of sp³-hybridized carbons (Fsp3) is 0.625. The van der Waals surface area contributed by atoms with Gasteiger partial charge in [-0.1, -0.05) is 19.8 Å². The molecule has 20 heavy (non-hydrogen) atoms. The van der Waals surface area contributed by atoms with E-state index < -0.39 is 0 Å². The summed E-state index contributed by atoms with van der Waals surface area (Å²) in [4.78, 5) is 16.0. The van der Waals surface area contributed by atoms with E-state index in [2.05, 4.69) is 10.3 Å². The molecule has 0 aliphatic heterocycles. The molecule has 2 unspecified atom stereocenters. The third kappa shape index (κ3) is 4.93. The maximum absolute atomic E-state index is 12.1. The number of rotatable bonds is 8. The summed E-state index contributed by atoms with van der Waals surface area (Å²) in [6, 6.07) is 3.77. The number of aryl methyl sites for hydroxylation is 1. The van der Waals surface area contributed by atoms with Gasteiger partial charge in [-0.3, -0.25) is 9.78 Å². The van der Waals surface area contributed by atoms with Crippen molar-refractivity contribution in [2.45, 2.75) is 45.1 Å². The SMILES string of the molecule is CC(CC1CC1)C(=O)NC(CO)CCc1ccncc1. The minimum absolute atomic E-state index is 0.00697. The zero-order valence-electron chi connectivity index (χ0n) is 12.1. The molecule has 0 radical (unpaired) electrons. The lowest BCUT2D eigenvalue weighted by Gasteiger charge is -2.19. The first-order valence-electron chi connectivity index (χ1n) is 7.49. The lowest BCUT2D eigenvalue weighted by atomic mass is 10.0. The molecule has 1 aromatic rings. The number of hydrogen-bond acceptors (Lipinski definition) is 3. The molecule has 1 fully saturated rings. The Morgan fingerprint density at radius 3 is 2.75 bits per heavy atom.